The van der Waals surface area contributed by atoms with Crippen LogP contribution >= 0.6 is 0 Å². The summed E-state index contributed by atoms with van der Waals surface area (Å²) in [6, 6.07) is 5.68. The van der Waals surface area contributed by atoms with Gasteiger partial charge in [-0.25, -0.2) is 9.37 Å². The van der Waals surface area contributed by atoms with Gasteiger partial charge in [-0.15, -0.1) is 0 Å². The number of hydrogen-bond donors (Lipinski definition) is 1. The average Bonchev–Trinajstić information content (AvgIpc) is 3.03. The molecule has 106 valence electrons. The monoisotopic (exact) mass is 273 g/mol. The van der Waals surface area contributed by atoms with Gasteiger partial charge < -0.3 is 5.32 Å². The largest absolute Gasteiger partial charge is 0.353 e. The van der Waals surface area contributed by atoms with E-state index in [2.05, 4.69) is 10.3 Å². The molecular formula is C16H20FN3. The predicted octanol–water partition coefficient (Wildman–Crippen LogP) is 3.98. The first-order valence-corrected chi connectivity index (χ1v) is 7.22. The van der Waals surface area contributed by atoms with Crippen molar-refractivity contribution in [2.75, 3.05) is 5.32 Å². The Morgan fingerprint density at radius 2 is 2.00 bits per heavy atom. The molecule has 4 heteroatoms. The number of aromatic nitrogens is 2. The van der Waals surface area contributed by atoms with Crippen LogP contribution in [0.1, 0.15) is 36.9 Å². The molecule has 3 nitrogen and oxygen atoms in total. The van der Waals surface area contributed by atoms with E-state index in [-0.39, 0.29) is 5.82 Å². The molecule has 1 N–H and O–H groups in total. The lowest BCUT2D eigenvalue weighted by molar-refractivity contribution is 0.618. The summed E-state index contributed by atoms with van der Waals surface area (Å²) in [5.74, 6) is 0.691. The van der Waals surface area contributed by atoms with Crippen molar-refractivity contribution in [3.63, 3.8) is 0 Å². The molecule has 0 aliphatic heterocycles. The first-order valence-electron chi connectivity index (χ1n) is 7.22. The van der Waals surface area contributed by atoms with Gasteiger partial charge in [0.2, 0.25) is 5.95 Å². The standard InChI is InChI=1S/C16H20FN3/c1-11-9-14(7-8-15(11)17)20-10-12(2)18-16(20)19-13-5-3-4-6-13/h7-10,13H,3-6H2,1-2H3,(H,18,19). The second-order valence-corrected chi connectivity index (χ2v) is 5.64. The lowest BCUT2D eigenvalue weighted by atomic mass is 10.2. The lowest BCUT2D eigenvalue weighted by Gasteiger charge is -2.15. The molecule has 1 aromatic heterocycles. The van der Waals surface area contributed by atoms with Crippen LogP contribution in [-0.4, -0.2) is 15.6 Å². The van der Waals surface area contributed by atoms with Crippen molar-refractivity contribution in [2.24, 2.45) is 0 Å². The van der Waals surface area contributed by atoms with E-state index in [0.29, 0.717) is 11.6 Å². The number of halogens is 1. The maximum atomic E-state index is 13.4. The highest BCUT2D eigenvalue weighted by molar-refractivity contribution is 5.45. The fourth-order valence-electron chi connectivity index (χ4n) is 2.83. The van der Waals surface area contributed by atoms with Crippen LogP contribution in [0.4, 0.5) is 10.3 Å². The molecule has 3 rings (SSSR count). The Kier molecular flexibility index (Phi) is 3.47. The normalized spacial score (nSPS) is 15.8. The molecule has 20 heavy (non-hydrogen) atoms. The van der Waals surface area contributed by atoms with Crippen molar-refractivity contribution in [2.45, 2.75) is 45.6 Å². The maximum absolute atomic E-state index is 13.4. The molecule has 0 spiro atoms. The van der Waals surface area contributed by atoms with Crippen molar-refractivity contribution >= 4 is 5.95 Å². The number of nitrogens with one attached hydrogen (secondary N) is 1. The SMILES string of the molecule is Cc1cn(-c2ccc(F)c(C)c2)c(NC2CCCC2)n1. The average molecular weight is 273 g/mol. The Morgan fingerprint density at radius 3 is 2.70 bits per heavy atom. The van der Waals surface area contributed by atoms with Crippen LogP contribution in [0.5, 0.6) is 0 Å². The second-order valence-electron chi connectivity index (χ2n) is 5.64. The van der Waals surface area contributed by atoms with Crippen LogP contribution in [0, 0.1) is 19.7 Å². The summed E-state index contributed by atoms with van der Waals surface area (Å²) < 4.78 is 15.4. The number of rotatable bonds is 3. The van der Waals surface area contributed by atoms with Crippen LogP contribution in [-0.2, 0) is 0 Å². The minimum atomic E-state index is -0.170. The fraction of sp³-hybridized carbons (Fsp3) is 0.438. The van der Waals surface area contributed by atoms with Gasteiger partial charge in [0.25, 0.3) is 0 Å². The van der Waals surface area contributed by atoms with Gasteiger partial charge in [-0.1, -0.05) is 12.8 Å². The molecule has 0 bridgehead atoms. The van der Waals surface area contributed by atoms with Crippen molar-refractivity contribution in [3.8, 4) is 5.69 Å². The van der Waals surface area contributed by atoms with Gasteiger partial charge in [-0.3, -0.25) is 4.57 Å². The van der Waals surface area contributed by atoms with Gasteiger partial charge >= 0.3 is 0 Å². The molecule has 1 aliphatic carbocycles. The summed E-state index contributed by atoms with van der Waals surface area (Å²) >= 11 is 0. The molecule has 1 aromatic carbocycles. The van der Waals surface area contributed by atoms with Crippen molar-refractivity contribution in [1.29, 1.82) is 0 Å². The van der Waals surface area contributed by atoms with Gasteiger partial charge in [-0.2, -0.15) is 0 Å². The maximum Gasteiger partial charge on any atom is 0.207 e. The molecule has 0 amide bonds. The fourth-order valence-corrected chi connectivity index (χ4v) is 2.83. The van der Waals surface area contributed by atoms with E-state index in [1.54, 1.807) is 13.0 Å². The molecule has 1 aliphatic rings. The van der Waals surface area contributed by atoms with Crippen LogP contribution in [0.25, 0.3) is 5.69 Å². The van der Waals surface area contributed by atoms with E-state index >= 15 is 0 Å². The van der Waals surface area contributed by atoms with Crippen molar-refractivity contribution in [1.82, 2.24) is 9.55 Å². The van der Waals surface area contributed by atoms with Crippen molar-refractivity contribution < 1.29 is 4.39 Å². The minimum Gasteiger partial charge on any atom is -0.353 e. The predicted molar refractivity (Wildman–Crippen MR) is 78.9 cm³/mol. The van der Waals surface area contributed by atoms with E-state index in [1.165, 1.54) is 31.7 Å². The van der Waals surface area contributed by atoms with Gasteiger partial charge in [-0.05, 0) is 50.5 Å². The van der Waals surface area contributed by atoms with Crippen LogP contribution < -0.4 is 5.32 Å². The third-order valence-electron chi connectivity index (χ3n) is 3.93. The van der Waals surface area contributed by atoms with E-state index in [0.717, 1.165) is 17.3 Å². The quantitative estimate of drug-likeness (QED) is 0.916. The molecule has 0 saturated heterocycles. The summed E-state index contributed by atoms with van der Waals surface area (Å²) in [6.07, 6.45) is 6.96. The van der Waals surface area contributed by atoms with Crippen molar-refractivity contribution in [3.05, 3.63) is 41.5 Å². The summed E-state index contributed by atoms with van der Waals surface area (Å²) in [6.45, 7) is 3.76. The highest BCUT2D eigenvalue weighted by Crippen LogP contribution is 2.24. The minimum absolute atomic E-state index is 0.170. The zero-order valence-corrected chi connectivity index (χ0v) is 12.0. The van der Waals surface area contributed by atoms with Gasteiger partial charge in [0, 0.05) is 17.9 Å². The van der Waals surface area contributed by atoms with Crippen LogP contribution in [0.3, 0.4) is 0 Å². The number of imidazole rings is 1. The smallest absolute Gasteiger partial charge is 0.207 e. The Balaban J connectivity index is 1.93. The van der Waals surface area contributed by atoms with E-state index in [4.69, 9.17) is 0 Å². The Morgan fingerprint density at radius 1 is 1.25 bits per heavy atom. The number of nitrogens with zero attached hydrogens (tertiary/aromatic N) is 2. The molecule has 0 unspecified atom stereocenters. The molecule has 1 saturated carbocycles. The van der Waals surface area contributed by atoms with Gasteiger partial charge in [0.05, 0.1) is 5.69 Å². The first-order chi connectivity index (χ1) is 9.63. The van der Waals surface area contributed by atoms with Gasteiger partial charge in [0.15, 0.2) is 0 Å². The number of benzene rings is 1. The Bertz CT molecular complexity index is 612. The number of aryl methyl sites for hydroxylation is 2. The Hall–Kier alpha value is -1.84. The van der Waals surface area contributed by atoms with Crippen LogP contribution in [0.15, 0.2) is 24.4 Å². The lowest BCUT2D eigenvalue weighted by Crippen LogP contribution is -2.17. The second kappa shape index (κ2) is 5.27. The number of hydrogen-bond acceptors (Lipinski definition) is 2. The molecule has 2 aromatic rings. The molecule has 1 heterocycles. The zero-order chi connectivity index (χ0) is 14.1. The number of anilines is 1. The summed E-state index contributed by atoms with van der Waals surface area (Å²) in [4.78, 5) is 4.56. The molecular weight excluding hydrogens is 253 g/mol. The molecule has 0 radical (unpaired) electrons. The zero-order valence-electron chi connectivity index (χ0n) is 12.0. The highest BCUT2D eigenvalue weighted by Gasteiger charge is 2.17. The summed E-state index contributed by atoms with van der Waals surface area (Å²) in [5, 5.41) is 3.52. The topological polar surface area (TPSA) is 29.9 Å². The summed E-state index contributed by atoms with van der Waals surface area (Å²) in [5.41, 5.74) is 2.57. The molecule has 0 atom stereocenters. The van der Waals surface area contributed by atoms with Gasteiger partial charge in [0.1, 0.15) is 5.82 Å². The third kappa shape index (κ3) is 2.55. The van der Waals surface area contributed by atoms with E-state index < -0.39 is 0 Å². The highest BCUT2D eigenvalue weighted by atomic mass is 19.1. The molecule has 1 fully saturated rings. The summed E-state index contributed by atoms with van der Waals surface area (Å²) in [7, 11) is 0. The van der Waals surface area contributed by atoms with E-state index in [1.807, 2.05) is 23.8 Å². The van der Waals surface area contributed by atoms with E-state index in [9.17, 15) is 4.39 Å². The first kappa shape index (κ1) is 13.2. The Labute approximate surface area is 118 Å². The third-order valence-corrected chi connectivity index (χ3v) is 3.93. The van der Waals surface area contributed by atoms with Crippen LogP contribution in [0.2, 0.25) is 0 Å².